The van der Waals surface area contributed by atoms with Gasteiger partial charge < -0.3 is 4.90 Å². The molecule has 2 fully saturated rings. The van der Waals surface area contributed by atoms with Crippen molar-refractivity contribution >= 4 is 62.6 Å². The number of carbonyl (C=O) groups excluding carboxylic acids is 3. The van der Waals surface area contributed by atoms with E-state index in [2.05, 4.69) is 15.9 Å². The van der Waals surface area contributed by atoms with Gasteiger partial charge in [0.15, 0.2) is 5.78 Å². The van der Waals surface area contributed by atoms with E-state index in [-0.39, 0.29) is 17.6 Å². The van der Waals surface area contributed by atoms with Crippen LogP contribution in [-0.2, 0) is 9.59 Å². The molecule has 3 aromatic carbocycles. The van der Waals surface area contributed by atoms with Crippen molar-refractivity contribution in [2.24, 2.45) is 11.8 Å². The quantitative estimate of drug-likeness (QED) is 0.313. The Bertz CT molecular complexity index is 1420. The zero-order valence-corrected chi connectivity index (χ0v) is 21.0. The van der Waals surface area contributed by atoms with Crippen LogP contribution in [0.25, 0.3) is 6.08 Å². The first-order valence-corrected chi connectivity index (χ1v) is 12.5. The molecule has 5 nitrogen and oxygen atoms in total. The Morgan fingerprint density at radius 1 is 0.914 bits per heavy atom. The van der Waals surface area contributed by atoms with Gasteiger partial charge in [-0.1, -0.05) is 75.6 Å². The third kappa shape index (κ3) is 3.39. The van der Waals surface area contributed by atoms with Crippen molar-refractivity contribution < 1.29 is 14.4 Å². The van der Waals surface area contributed by atoms with Crippen LogP contribution in [0.2, 0.25) is 5.02 Å². The lowest BCUT2D eigenvalue weighted by Crippen LogP contribution is -2.48. The summed E-state index contributed by atoms with van der Waals surface area (Å²) in [7, 11) is 0. The summed E-state index contributed by atoms with van der Waals surface area (Å²) in [6.45, 7) is 1.95. The Morgan fingerprint density at radius 3 is 2.31 bits per heavy atom. The Labute approximate surface area is 216 Å². The first-order chi connectivity index (χ1) is 16.8. The van der Waals surface area contributed by atoms with Gasteiger partial charge in [-0.25, -0.2) is 4.90 Å². The highest BCUT2D eigenvalue weighted by Crippen LogP contribution is 2.50. The molecule has 0 bridgehead atoms. The maximum Gasteiger partial charge on any atom is 0.240 e. The van der Waals surface area contributed by atoms with E-state index in [1.165, 1.54) is 4.90 Å². The Hall–Kier alpha value is -3.22. The molecule has 0 radical (unpaired) electrons. The summed E-state index contributed by atoms with van der Waals surface area (Å²) >= 11 is 9.75. The van der Waals surface area contributed by atoms with E-state index in [0.717, 1.165) is 21.3 Å². The molecule has 0 aromatic heterocycles. The summed E-state index contributed by atoms with van der Waals surface area (Å²) in [6.07, 6.45) is 3.88. The SMILES string of the molecule is Cc1ccc(N2C(=O)[C@@H]3[C@H](C2=O)[C@H]2C=Cc4ccc(Cl)cc4N2[C@@H]3C(=O)c2ccc(Br)cc2)cc1. The van der Waals surface area contributed by atoms with E-state index in [1.54, 1.807) is 42.5 Å². The van der Waals surface area contributed by atoms with Crippen LogP contribution in [0.1, 0.15) is 21.5 Å². The number of halogens is 2. The van der Waals surface area contributed by atoms with Crippen molar-refractivity contribution in [3.8, 4) is 0 Å². The van der Waals surface area contributed by atoms with Crippen molar-refractivity contribution in [2.75, 3.05) is 9.80 Å². The van der Waals surface area contributed by atoms with Gasteiger partial charge in [0.05, 0.1) is 23.6 Å². The number of aryl methyl sites for hydroxylation is 1. The van der Waals surface area contributed by atoms with Gasteiger partial charge in [-0.05, 0) is 48.9 Å². The summed E-state index contributed by atoms with van der Waals surface area (Å²) < 4.78 is 0.854. The Kier molecular flexibility index (Phi) is 5.20. The maximum atomic E-state index is 14.0. The Balaban J connectivity index is 1.50. The van der Waals surface area contributed by atoms with Crippen LogP contribution in [0.4, 0.5) is 11.4 Å². The van der Waals surface area contributed by atoms with Gasteiger partial charge >= 0.3 is 0 Å². The highest BCUT2D eigenvalue weighted by atomic mass is 79.9. The zero-order valence-electron chi connectivity index (χ0n) is 18.7. The van der Waals surface area contributed by atoms with Gasteiger partial charge in [-0.15, -0.1) is 0 Å². The number of Topliss-reactive ketones (excluding diaryl/α,β-unsaturated/α-hetero) is 1. The average Bonchev–Trinajstić information content (AvgIpc) is 3.33. The van der Waals surface area contributed by atoms with Crippen LogP contribution in [-0.4, -0.2) is 29.7 Å². The molecule has 3 heterocycles. The fraction of sp³-hybridized carbons (Fsp3) is 0.179. The lowest BCUT2D eigenvalue weighted by molar-refractivity contribution is -0.122. The largest absolute Gasteiger partial charge is 0.352 e. The molecule has 3 aliphatic heterocycles. The first kappa shape index (κ1) is 22.3. The molecule has 0 N–H and O–H groups in total. The second-order valence-corrected chi connectivity index (χ2v) is 10.5. The van der Waals surface area contributed by atoms with Crippen molar-refractivity contribution in [2.45, 2.75) is 19.0 Å². The minimum Gasteiger partial charge on any atom is -0.352 e. The van der Waals surface area contributed by atoms with Crippen LogP contribution in [0.5, 0.6) is 0 Å². The van der Waals surface area contributed by atoms with E-state index in [0.29, 0.717) is 16.3 Å². The van der Waals surface area contributed by atoms with Gasteiger partial charge in [0, 0.05) is 20.7 Å². The standard InChI is InChI=1S/C28H20BrClN2O3/c1-15-2-11-20(12-3-15)31-27(34)23-21-13-7-16-6-10-19(30)14-22(16)32(21)25(24(23)28(31)35)26(33)17-4-8-18(29)9-5-17/h2-14,21,23-25H,1H3/t21-,23-,24-,25+/m1/s1. The molecule has 174 valence electrons. The third-order valence-electron chi connectivity index (χ3n) is 7.16. The number of ketones is 1. The zero-order chi connectivity index (χ0) is 24.4. The predicted octanol–water partition coefficient (Wildman–Crippen LogP) is 5.68. The average molecular weight is 548 g/mol. The molecule has 2 saturated heterocycles. The number of amides is 2. The summed E-state index contributed by atoms with van der Waals surface area (Å²) in [4.78, 5) is 44.8. The number of hydrogen-bond donors (Lipinski definition) is 0. The van der Waals surface area contributed by atoms with Gasteiger partial charge in [-0.2, -0.15) is 0 Å². The van der Waals surface area contributed by atoms with E-state index in [4.69, 9.17) is 11.6 Å². The normalized spacial score (nSPS) is 24.4. The minimum absolute atomic E-state index is 0.192. The summed E-state index contributed by atoms with van der Waals surface area (Å²) in [5, 5.41) is 0.531. The minimum atomic E-state index is -0.833. The molecule has 7 heteroatoms. The van der Waals surface area contributed by atoms with Crippen molar-refractivity contribution in [1.29, 1.82) is 0 Å². The van der Waals surface area contributed by atoms with Crippen LogP contribution < -0.4 is 9.80 Å². The molecule has 2 amide bonds. The van der Waals surface area contributed by atoms with Crippen molar-refractivity contribution in [1.82, 2.24) is 0 Å². The lowest BCUT2D eigenvalue weighted by Gasteiger charge is -2.36. The fourth-order valence-corrected chi connectivity index (χ4v) is 6.00. The van der Waals surface area contributed by atoms with Gasteiger partial charge in [-0.3, -0.25) is 14.4 Å². The van der Waals surface area contributed by atoms with Crippen LogP contribution >= 0.6 is 27.5 Å². The molecule has 35 heavy (non-hydrogen) atoms. The number of fused-ring (bicyclic) bond motifs is 5. The molecule has 0 saturated carbocycles. The summed E-state index contributed by atoms with van der Waals surface area (Å²) in [5.74, 6) is -2.29. The summed E-state index contributed by atoms with van der Waals surface area (Å²) in [5.41, 5.74) is 3.72. The highest BCUT2D eigenvalue weighted by Gasteiger charge is 2.64. The predicted molar refractivity (Wildman–Crippen MR) is 140 cm³/mol. The number of hydrogen-bond acceptors (Lipinski definition) is 4. The lowest BCUT2D eigenvalue weighted by atomic mass is 9.86. The second-order valence-electron chi connectivity index (χ2n) is 9.18. The number of imide groups is 1. The molecular weight excluding hydrogens is 528 g/mol. The third-order valence-corrected chi connectivity index (χ3v) is 7.92. The summed E-state index contributed by atoms with van der Waals surface area (Å²) in [6, 6.07) is 18.6. The number of rotatable bonds is 3. The maximum absolute atomic E-state index is 14.0. The molecule has 6 rings (SSSR count). The molecule has 0 unspecified atom stereocenters. The van der Waals surface area contributed by atoms with E-state index in [9.17, 15) is 14.4 Å². The van der Waals surface area contributed by atoms with Crippen molar-refractivity contribution in [3.63, 3.8) is 0 Å². The molecular formula is C28H20BrClN2O3. The van der Waals surface area contributed by atoms with Crippen molar-refractivity contribution in [3.05, 3.63) is 99.0 Å². The van der Waals surface area contributed by atoms with E-state index < -0.39 is 23.9 Å². The topological polar surface area (TPSA) is 57.7 Å². The number of benzene rings is 3. The molecule has 3 aromatic rings. The van der Waals surface area contributed by atoms with E-state index in [1.807, 2.05) is 48.2 Å². The number of anilines is 2. The molecule has 0 spiro atoms. The second kappa shape index (κ2) is 8.18. The smallest absolute Gasteiger partial charge is 0.240 e. The van der Waals surface area contributed by atoms with Gasteiger partial charge in [0.1, 0.15) is 6.04 Å². The fourth-order valence-electron chi connectivity index (χ4n) is 5.56. The van der Waals surface area contributed by atoms with Crippen LogP contribution in [0, 0.1) is 18.8 Å². The first-order valence-electron chi connectivity index (χ1n) is 11.4. The monoisotopic (exact) mass is 546 g/mol. The Morgan fingerprint density at radius 2 is 1.60 bits per heavy atom. The van der Waals surface area contributed by atoms with E-state index >= 15 is 0 Å². The molecule has 4 atom stereocenters. The number of nitrogens with zero attached hydrogens (tertiary/aromatic N) is 2. The van der Waals surface area contributed by atoms with Gasteiger partial charge in [0.2, 0.25) is 11.8 Å². The molecule has 0 aliphatic carbocycles. The highest BCUT2D eigenvalue weighted by molar-refractivity contribution is 9.10. The van der Waals surface area contributed by atoms with Crippen LogP contribution in [0.15, 0.2) is 77.3 Å². The van der Waals surface area contributed by atoms with Gasteiger partial charge in [0.25, 0.3) is 0 Å². The number of carbonyl (C=O) groups is 3. The van der Waals surface area contributed by atoms with Crippen LogP contribution in [0.3, 0.4) is 0 Å². The molecule has 3 aliphatic rings.